The number of hydrogen-bond donors (Lipinski definition) is 1. The highest BCUT2D eigenvalue weighted by Gasteiger charge is 2.06. The molecule has 1 N–H and O–H groups in total. The van der Waals surface area contributed by atoms with Crippen LogP contribution in [0.3, 0.4) is 0 Å². The van der Waals surface area contributed by atoms with E-state index in [0.717, 1.165) is 25.1 Å². The van der Waals surface area contributed by atoms with Gasteiger partial charge in [0.15, 0.2) is 0 Å². The first-order valence-corrected chi connectivity index (χ1v) is 6.95. The fraction of sp³-hybridized carbons (Fsp3) is 0.529. The van der Waals surface area contributed by atoms with Crippen LogP contribution in [0.5, 0.6) is 5.75 Å². The van der Waals surface area contributed by atoms with Gasteiger partial charge in [-0.05, 0) is 58.7 Å². The minimum Gasteiger partial charge on any atom is -0.496 e. The predicted octanol–water partition coefficient (Wildman–Crippen LogP) is 3.96. The third kappa shape index (κ3) is 6.44. The molecular weight excluding hydrogens is 234 g/mol. The quantitative estimate of drug-likeness (QED) is 0.618. The molecule has 0 unspecified atom stereocenters. The van der Waals surface area contributed by atoms with Gasteiger partial charge in [0.1, 0.15) is 5.75 Å². The molecule has 1 aromatic rings. The smallest absolute Gasteiger partial charge is 0.122 e. The Hall–Kier alpha value is -1.28. The molecule has 0 radical (unpaired) electrons. The molecule has 0 spiro atoms. The molecule has 19 heavy (non-hydrogen) atoms. The molecule has 1 aromatic carbocycles. The molecule has 0 aliphatic heterocycles. The van der Waals surface area contributed by atoms with Crippen molar-refractivity contribution in [2.24, 2.45) is 0 Å². The van der Waals surface area contributed by atoms with Crippen LogP contribution in [-0.4, -0.2) is 19.2 Å². The fourth-order valence-corrected chi connectivity index (χ4v) is 1.99. The van der Waals surface area contributed by atoms with Gasteiger partial charge in [-0.25, -0.2) is 0 Å². The highest BCUT2D eigenvalue weighted by molar-refractivity contribution is 5.36. The highest BCUT2D eigenvalue weighted by atomic mass is 16.5. The zero-order valence-electron chi connectivity index (χ0n) is 12.9. The van der Waals surface area contributed by atoms with E-state index >= 15 is 0 Å². The van der Waals surface area contributed by atoms with Gasteiger partial charge in [0.05, 0.1) is 7.11 Å². The van der Waals surface area contributed by atoms with E-state index in [0.29, 0.717) is 0 Å². The zero-order valence-corrected chi connectivity index (χ0v) is 12.9. The summed E-state index contributed by atoms with van der Waals surface area (Å²) in [6.45, 7) is 9.78. The lowest BCUT2D eigenvalue weighted by atomic mass is 10.0. The minimum absolute atomic E-state index is 0.199. The molecular formula is C17H27NO. The topological polar surface area (TPSA) is 21.3 Å². The largest absolute Gasteiger partial charge is 0.496 e. The summed E-state index contributed by atoms with van der Waals surface area (Å²) in [6.07, 6.45) is 4.34. The highest BCUT2D eigenvalue weighted by Crippen LogP contribution is 2.20. The van der Waals surface area contributed by atoms with Gasteiger partial charge in [-0.2, -0.15) is 0 Å². The average Bonchev–Trinajstić information content (AvgIpc) is 2.34. The second-order valence-electron chi connectivity index (χ2n) is 6.00. The first kappa shape index (κ1) is 15.8. The van der Waals surface area contributed by atoms with Gasteiger partial charge < -0.3 is 10.1 Å². The summed E-state index contributed by atoms with van der Waals surface area (Å²) in [5.41, 5.74) is 2.84. The third-order valence-electron chi connectivity index (χ3n) is 2.95. The van der Waals surface area contributed by atoms with Gasteiger partial charge in [0.25, 0.3) is 0 Å². The Kier molecular flexibility index (Phi) is 6.10. The van der Waals surface area contributed by atoms with E-state index in [9.17, 15) is 0 Å². The van der Waals surface area contributed by atoms with Crippen LogP contribution >= 0.6 is 0 Å². The molecule has 0 atom stereocenters. The van der Waals surface area contributed by atoms with Crippen molar-refractivity contribution in [3.63, 3.8) is 0 Å². The number of para-hydroxylation sites is 1. The van der Waals surface area contributed by atoms with Crippen molar-refractivity contribution in [1.29, 1.82) is 0 Å². The van der Waals surface area contributed by atoms with E-state index < -0.39 is 0 Å². The average molecular weight is 261 g/mol. The van der Waals surface area contributed by atoms with Crippen molar-refractivity contribution in [3.8, 4) is 5.75 Å². The summed E-state index contributed by atoms with van der Waals surface area (Å²) in [5, 5.41) is 3.49. The molecule has 0 saturated heterocycles. The number of methoxy groups -OCH3 is 1. The van der Waals surface area contributed by atoms with E-state index in [1.807, 2.05) is 12.1 Å². The van der Waals surface area contributed by atoms with Crippen LogP contribution in [0, 0.1) is 0 Å². The molecule has 0 aliphatic carbocycles. The number of hydrogen-bond acceptors (Lipinski definition) is 2. The Balaban J connectivity index is 2.48. The standard InChI is InChI=1S/C17H27NO/c1-14(9-8-12-18-17(2,3)4)13-15-10-6-7-11-16(15)19-5/h6-7,9-11,18H,8,12-13H2,1-5H3. The van der Waals surface area contributed by atoms with Crippen molar-refractivity contribution in [2.75, 3.05) is 13.7 Å². The molecule has 0 heterocycles. The molecule has 0 aromatic heterocycles. The Bertz CT molecular complexity index is 416. The maximum absolute atomic E-state index is 5.38. The van der Waals surface area contributed by atoms with E-state index in [1.54, 1.807) is 7.11 Å². The summed E-state index contributed by atoms with van der Waals surface area (Å²) in [6, 6.07) is 8.22. The van der Waals surface area contributed by atoms with Gasteiger partial charge in [-0.1, -0.05) is 29.8 Å². The van der Waals surface area contributed by atoms with Crippen LogP contribution in [-0.2, 0) is 6.42 Å². The molecule has 2 nitrogen and oxygen atoms in total. The van der Waals surface area contributed by atoms with Gasteiger partial charge in [0, 0.05) is 5.54 Å². The van der Waals surface area contributed by atoms with Gasteiger partial charge in [-0.3, -0.25) is 0 Å². The number of allylic oxidation sites excluding steroid dienone is 1. The maximum atomic E-state index is 5.38. The Morgan fingerprint density at radius 3 is 2.58 bits per heavy atom. The molecule has 0 saturated carbocycles. The Labute approximate surface area is 117 Å². The van der Waals surface area contributed by atoms with Crippen LogP contribution in [0.25, 0.3) is 0 Å². The van der Waals surface area contributed by atoms with Crippen LogP contribution in [0.15, 0.2) is 35.9 Å². The molecule has 0 aliphatic rings. The lowest BCUT2D eigenvalue weighted by Crippen LogP contribution is -2.36. The van der Waals surface area contributed by atoms with Crippen LogP contribution in [0.4, 0.5) is 0 Å². The Morgan fingerprint density at radius 1 is 1.26 bits per heavy atom. The first-order chi connectivity index (χ1) is 8.92. The number of nitrogens with one attached hydrogen (secondary N) is 1. The summed E-state index contributed by atoms with van der Waals surface area (Å²) >= 11 is 0. The molecule has 2 heteroatoms. The monoisotopic (exact) mass is 261 g/mol. The van der Waals surface area contributed by atoms with Crippen molar-refractivity contribution >= 4 is 0 Å². The summed E-state index contributed by atoms with van der Waals surface area (Å²) in [4.78, 5) is 0. The lowest BCUT2D eigenvalue weighted by molar-refractivity contribution is 0.410. The molecule has 0 fully saturated rings. The summed E-state index contributed by atoms with van der Waals surface area (Å²) in [5.74, 6) is 0.975. The second kappa shape index (κ2) is 7.34. The van der Waals surface area contributed by atoms with E-state index in [1.165, 1.54) is 11.1 Å². The van der Waals surface area contributed by atoms with Crippen LogP contribution in [0.2, 0.25) is 0 Å². The van der Waals surface area contributed by atoms with Gasteiger partial charge in [0.2, 0.25) is 0 Å². The maximum Gasteiger partial charge on any atom is 0.122 e. The second-order valence-corrected chi connectivity index (χ2v) is 6.00. The molecule has 0 amide bonds. The fourth-order valence-electron chi connectivity index (χ4n) is 1.99. The van der Waals surface area contributed by atoms with Crippen LogP contribution < -0.4 is 10.1 Å². The van der Waals surface area contributed by atoms with Gasteiger partial charge in [-0.15, -0.1) is 0 Å². The van der Waals surface area contributed by atoms with Crippen LogP contribution in [0.1, 0.15) is 39.7 Å². The molecule has 106 valence electrons. The third-order valence-corrected chi connectivity index (χ3v) is 2.95. The minimum atomic E-state index is 0.199. The van der Waals surface area contributed by atoms with Crippen molar-refractivity contribution in [3.05, 3.63) is 41.5 Å². The van der Waals surface area contributed by atoms with Crippen molar-refractivity contribution in [1.82, 2.24) is 5.32 Å². The molecule has 1 rings (SSSR count). The number of rotatable bonds is 6. The SMILES string of the molecule is COc1ccccc1CC(C)=CCCNC(C)(C)C. The normalized spacial score (nSPS) is 12.6. The number of ether oxygens (including phenoxy) is 1. The predicted molar refractivity (Wildman–Crippen MR) is 82.8 cm³/mol. The summed E-state index contributed by atoms with van der Waals surface area (Å²) in [7, 11) is 1.73. The van der Waals surface area contributed by atoms with E-state index in [4.69, 9.17) is 4.74 Å². The zero-order chi connectivity index (χ0) is 14.3. The van der Waals surface area contributed by atoms with E-state index in [2.05, 4.69) is 51.2 Å². The lowest BCUT2D eigenvalue weighted by Gasteiger charge is -2.19. The Morgan fingerprint density at radius 2 is 1.95 bits per heavy atom. The summed E-state index contributed by atoms with van der Waals surface area (Å²) < 4.78 is 5.38. The van der Waals surface area contributed by atoms with Crippen molar-refractivity contribution in [2.45, 2.75) is 46.1 Å². The van der Waals surface area contributed by atoms with Crippen molar-refractivity contribution < 1.29 is 4.74 Å². The van der Waals surface area contributed by atoms with E-state index in [-0.39, 0.29) is 5.54 Å². The number of benzene rings is 1. The van der Waals surface area contributed by atoms with Gasteiger partial charge >= 0.3 is 0 Å². The molecule has 0 bridgehead atoms. The first-order valence-electron chi connectivity index (χ1n) is 6.95.